The number of aromatic carboxylic acids is 1. The predicted octanol–water partition coefficient (Wildman–Crippen LogP) is 3.54. The maximum absolute atomic E-state index is 11.1. The molecule has 124 valence electrons. The normalized spacial score (nSPS) is 12.8. The molecule has 25 heavy (non-hydrogen) atoms. The van der Waals surface area contributed by atoms with Crippen molar-refractivity contribution in [2.45, 2.75) is 0 Å². The quantitative estimate of drug-likeness (QED) is 0.761. The molecule has 0 saturated carbocycles. The fourth-order valence-electron chi connectivity index (χ4n) is 2.65. The number of nitrogens with zero attached hydrogens (tertiary/aromatic N) is 1. The number of phenols is 1. The zero-order chi connectivity index (χ0) is 17.4. The zero-order valence-corrected chi connectivity index (χ0v) is 13.0. The molecule has 1 aromatic heterocycles. The molecule has 1 aliphatic rings. The number of aromatic hydroxyl groups is 1. The van der Waals surface area contributed by atoms with Gasteiger partial charge in [-0.1, -0.05) is 24.3 Å². The third-order valence-corrected chi connectivity index (χ3v) is 3.93. The van der Waals surface area contributed by atoms with Crippen molar-refractivity contribution in [2.75, 3.05) is 6.79 Å². The Balaban J connectivity index is 1.69. The van der Waals surface area contributed by atoms with Gasteiger partial charge in [0, 0.05) is 5.39 Å². The van der Waals surface area contributed by atoms with Gasteiger partial charge in [0.25, 0.3) is 0 Å². The molecule has 0 unspecified atom stereocenters. The molecule has 0 amide bonds. The maximum Gasteiger partial charge on any atom is 0.339 e. The molecule has 4 rings (SSSR count). The van der Waals surface area contributed by atoms with E-state index in [1.165, 1.54) is 6.07 Å². The molecule has 2 N–H and O–H groups in total. The Bertz CT molecular complexity index is 1030. The summed E-state index contributed by atoms with van der Waals surface area (Å²) in [6.45, 7) is 0.222. The minimum absolute atomic E-state index is 0.170. The molecule has 0 spiro atoms. The van der Waals surface area contributed by atoms with E-state index in [-0.39, 0.29) is 23.6 Å². The lowest BCUT2D eigenvalue weighted by Crippen LogP contribution is -1.97. The minimum atomic E-state index is -1.19. The second-order valence-corrected chi connectivity index (χ2v) is 5.52. The van der Waals surface area contributed by atoms with E-state index in [0.29, 0.717) is 22.6 Å². The van der Waals surface area contributed by atoms with Crippen LogP contribution in [0.5, 0.6) is 17.2 Å². The first-order valence-corrected chi connectivity index (χ1v) is 7.55. The second-order valence-electron chi connectivity index (χ2n) is 5.52. The van der Waals surface area contributed by atoms with E-state index in [1.54, 1.807) is 24.3 Å². The van der Waals surface area contributed by atoms with Gasteiger partial charge >= 0.3 is 5.97 Å². The molecule has 3 aromatic rings. The van der Waals surface area contributed by atoms with Crippen molar-refractivity contribution in [2.24, 2.45) is 0 Å². The van der Waals surface area contributed by atoms with Crippen LogP contribution >= 0.6 is 0 Å². The monoisotopic (exact) mass is 335 g/mol. The van der Waals surface area contributed by atoms with Crippen LogP contribution in [0, 0.1) is 0 Å². The van der Waals surface area contributed by atoms with Crippen molar-refractivity contribution >= 4 is 29.0 Å². The molecule has 2 aromatic carbocycles. The topological polar surface area (TPSA) is 88.9 Å². The molecular weight excluding hydrogens is 322 g/mol. The average molecular weight is 335 g/mol. The van der Waals surface area contributed by atoms with Gasteiger partial charge in [0.2, 0.25) is 6.79 Å². The summed E-state index contributed by atoms with van der Waals surface area (Å²) in [5.41, 5.74) is 1.60. The van der Waals surface area contributed by atoms with Crippen molar-refractivity contribution in [3.05, 3.63) is 59.3 Å². The lowest BCUT2D eigenvalue weighted by atomic mass is 10.1. The van der Waals surface area contributed by atoms with Crippen molar-refractivity contribution in [3.8, 4) is 17.2 Å². The molecule has 6 nitrogen and oxygen atoms in total. The van der Waals surface area contributed by atoms with E-state index in [0.717, 1.165) is 5.56 Å². The van der Waals surface area contributed by atoms with E-state index < -0.39 is 5.97 Å². The number of carboxylic acids is 1. The van der Waals surface area contributed by atoms with E-state index in [2.05, 4.69) is 4.98 Å². The van der Waals surface area contributed by atoms with Crippen LogP contribution in [0.3, 0.4) is 0 Å². The molecule has 0 radical (unpaired) electrons. The van der Waals surface area contributed by atoms with Crippen LogP contribution in [0.25, 0.3) is 23.1 Å². The zero-order valence-electron chi connectivity index (χ0n) is 13.0. The van der Waals surface area contributed by atoms with Crippen LogP contribution in [0.4, 0.5) is 0 Å². The van der Waals surface area contributed by atoms with Crippen LogP contribution in [0.1, 0.15) is 21.6 Å². The molecule has 6 heteroatoms. The maximum atomic E-state index is 11.1. The number of hydrogen-bond donors (Lipinski definition) is 2. The molecular formula is C19H13NO5. The molecule has 2 heterocycles. The number of fused-ring (bicyclic) bond motifs is 2. The first-order valence-electron chi connectivity index (χ1n) is 7.55. The predicted molar refractivity (Wildman–Crippen MR) is 91.9 cm³/mol. The molecule has 1 aliphatic heterocycles. The van der Waals surface area contributed by atoms with Crippen LogP contribution in [0.15, 0.2) is 42.5 Å². The minimum Gasteiger partial charge on any atom is -0.505 e. The summed E-state index contributed by atoms with van der Waals surface area (Å²) in [4.78, 5) is 15.5. The number of hydrogen-bond acceptors (Lipinski definition) is 5. The third kappa shape index (κ3) is 2.74. The van der Waals surface area contributed by atoms with Crippen molar-refractivity contribution in [1.29, 1.82) is 0 Å². The lowest BCUT2D eigenvalue weighted by molar-refractivity contribution is 0.0694. The summed E-state index contributed by atoms with van der Waals surface area (Å²) in [7, 11) is 0. The highest BCUT2D eigenvalue weighted by Gasteiger charge is 2.14. The van der Waals surface area contributed by atoms with Gasteiger partial charge in [-0.15, -0.1) is 0 Å². The Hall–Kier alpha value is -3.54. The van der Waals surface area contributed by atoms with Gasteiger partial charge in [-0.25, -0.2) is 9.78 Å². The van der Waals surface area contributed by atoms with E-state index in [1.807, 2.05) is 24.3 Å². The van der Waals surface area contributed by atoms with Crippen LogP contribution in [-0.2, 0) is 0 Å². The average Bonchev–Trinajstić information content (AvgIpc) is 3.08. The summed E-state index contributed by atoms with van der Waals surface area (Å²) < 4.78 is 10.6. The van der Waals surface area contributed by atoms with Gasteiger partial charge in [-0.05, 0) is 35.9 Å². The number of benzene rings is 2. The Morgan fingerprint density at radius 3 is 2.68 bits per heavy atom. The molecule has 0 aliphatic carbocycles. The first kappa shape index (κ1) is 15.0. The SMILES string of the molecule is O=C(O)c1ccc2ccc(/C=C/c3ccc4c(c3)OCO4)nc2c1O. The standard InChI is InChI=1S/C19H13NO5/c21-18-14(19(22)23)7-4-12-3-6-13(20-17(12)18)5-1-11-2-8-15-16(9-11)25-10-24-15/h1-9,21H,10H2,(H,22,23)/b5-1+. The Morgan fingerprint density at radius 2 is 1.84 bits per heavy atom. The fourth-order valence-corrected chi connectivity index (χ4v) is 2.65. The van der Waals surface area contributed by atoms with E-state index in [9.17, 15) is 9.90 Å². The third-order valence-electron chi connectivity index (χ3n) is 3.93. The van der Waals surface area contributed by atoms with Gasteiger partial charge in [0.05, 0.1) is 5.69 Å². The van der Waals surface area contributed by atoms with Gasteiger partial charge in [0.15, 0.2) is 17.2 Å². The molecule has 0 atom stereocenters. The van der Waals surface area contributed by atoms with Crippen LogP contribution in [0.2, 0.25) is 0 Å². The number of carboxylic acid groups (broad SMARTS) is 1. The molecule has 0 saturated heterocycles. The van der Waals surface area contributed by atoms with E-state index in [4.69, 9.17) is 14.6 Å². The summed E-state index contributed by atoms with van der Waals surface area (Å²) >= 11 is 0. The van der Waals surface area contributed by atoms with Gasteiger partial charge in [-0.2, -0.15) is 0 Å². The van der Waals surface area contributed by atoms with Gasteiger partial charge in [0.1, 0.15) is 11.1 Å². The smallest absolute Gasteiger partial charge is 0.339 e. The van der Waals surface area contributed by atoms with Crippen molar-refractivity contribution < 1.29 is 24.5 Å². The fraction of sp³-hybridized carbons (Fsp3) is 0.0526. The summed E-state index contributed by atoms with van der Waals surface area (Å²) in [5, 5.41) is 19.9. The summed E-state index contributed by atoms with van der Waals surface area (Å²) in [6, 6.07) is 12.2. The number of aromatic nitrogens is 1. The largest absolute Gasteiger partial charge is 0.505 e. The Labute approximate surface area is 142 Å². The molecule has 0 fully saturated rings. The number of rotatable bonds is 3. The number of carbonyl (C=O) groups is 1. The van der Waals surface area contributed by atoms with Gasteiger partial charge < -0.3 is 19.7 Å². The van der Waals surface area contributed by atoms with Crippen molar-refractivity contribution in [1.82, 2.24) is 4.98 Å². The highest BCUT2D eigenvalue weighted by atomic mass is 16.7. The van der Waals surface area contributed by atoms with Crippen molar-refractivity contribution in [3.63, 3.8) is 0 Å². The lowest BCUT2D eigenvalue weighted by Gasteiger charge is -2.05. The Morgan fingerprint density at radius 1 is 1.04 bits per heavy atom. The van der Waals surface area contributed by atoms with E-state index >= 15 is 0 Å². The van der Waals surface area contributed by atoms with Crippen LogP contribution < -0.4 is 9.47 Å². The molecule has 0 bridgehead atoms. The first-order chi connectivity index (χ1) is 12.1. The van der Waals surface area contributed by atoms with Gasteiger partial charge in [-0.3, -0.25) is 0 Å². The number of ether oxygens (including phenoxy) is 2. The highest BCUT2D eigenvalue weighted by molar-refractivity contribution is 5.99. The summed E-state index contributed by atoms with van der Waals surface area (Å²) in [6.07, 6.45) is 3.64. The summed E-state index contributed by atoms with van der Waals surface area (Å²) in [5.74, 6) is -0.115. The Kier molecular flexibility index (Phi) is 3.50. The highest BCUT2D eigenvalue weighted by Crippen LogP contribution is 2.33. The van der Waals surface area contributed by atoms with Crippen LogP contribution in [-0.4, -0.2) is 28.0 Å². The number of pyridine rings is 1. The second kappa shape index (κ2) is 5.83.